The van der Waals surface area contributed by atoms with Gasteiger partial charge in [0, 0.05) is 31.0 Å². The number of rotatable bonds is 8. The zero-order valence-corrected chi connectivity index (χ0v) is 17.6. The second-order valence-electron chi connectivity index (χ2n) is 6.82. The van der Waals surface area contributed by atoms with E-state index >= 15 is 0 Å². The zero-order valence-electron chi connectivity index (χ0n) is 17.6. The van der Waals surface area contributed by atoms with Crippen molar-refractivity contribution in [2.75, 3.05) is 25.3 Å². The molecule has 158 valence electrons. The number of fused-ring (bicyclic) bond motifs is 1. The fraction of sp³-hybridized carbons (Fsp3) is 0.364. The van der Waals surface area contributed by atoms with Gasteiger partial charge in [0.15, 0.2) is 5.58 Å². The number of ether oxygens (including phenoxy) is 2. The van der Waals surface area contributed by atoms with Crippen LogP contribution in [-0.4, -0.2) is 48.3 Å². The summed E-state index contributed by atoms with van der Waals surface area (Å²) >= 11 is 0. The summed E-state index contributed by atoms with van der Waals surface area (Å²) in [5.41, 5.74) is 2.27. The van der Waals surface area contributed by atoms with Crippen molar-refractivity contribution in [3.8, 4) is 0 Å². The van der Waals surface area contributed by atoms with Crippen LogP contribution in [0.25, 0.3) is 11.1 Å². The minimum atomic E-state index is -1.24. The van der Waals surface area contributed by atoms with Gasteiger partial charge in [-0.25, -0.2) is 5.01 Å². The van der Waals surface area contributed by atoms with Gasteiger partial charge in [-0.05, 0) is 45.0 Å². The first-order valence-electron chi connectivity index (χ1n) is 10.1. The summed E-state index contributed by atoms with van der Waals surface area (Å²) < 4.78 is 18.0. The molecule has 0 fully saturated rings. The Labute approximate surface area is 175 Å². The molecule has 1 aliphatic rings. The average Bonchev–Trinajstić information content (AvgIpc) is 3.37. The van der Waals surface area contributed by atoms with Crippen LogP contribution in [0.15, 0.2) is 64.0 Å². The molecule has 0 radical (unpaired) electrons. The Kier molecular flexibility index (Phi) is 5.72. The molecular formula is C22H26N4O4. The van der Waals surface area contributed by atoms with E-state index in [-0.39, 0.29) is 0 Å². The highest BCUT2D eigenvalue weighted by atomic mass is 16.8. The fourth-order valence-electron chi connectivity index (χ4n) is 3.43. The van der Waals surface area contributed by atoms with E-state index in [0.717, 1.165) is 11.1 Å². The molecule has 3 aromatic rings. The summed E-state index contributed by atoms with van der Waals surface area (Å²) in [7, 11) is 1.79. The number of hydrazine groups is 1. The van der Waals surface area contributed by atoms with Gasteiger partial charge in [0.2, 0.25) is 5.90 Å². The number of aromatic nitrogens is 1. The molecule has 0 amide bonds. The van der Waals surface area contributed by atoms with Gasteiger partial charge in [-0.15, -0.1) is 0 Å². The number of oxazole rings is 1. The summed E-state index contributed by atoms with van der Waals surface area (Å²) in [6.45, 7) is 6.67. The summed E-state index contributed by atoms with van der Waals surface area (Å²) in [4.78, 5) is 15.6. The maximum absolute atomic E-state index is 6.20. The standard InChI is InChI=1S/C22H26N4O4/c1-5-27-16(3)22(28-6-2)24-20(17-12-8-7-9-13-17)30-26(22)25(4)21-23-18-14-10-11-15-19(18)29-21/h7-16H,5-6H2,1-4H3. The summed E-state index contributed by atoms with van der Waals surface area (Å²) in [5, 5.41) is 3.19. The molecule has 1 aromatic heterocycles. The van der Waals surface area contributed by atoms with Crippen molar-refractivity contribution in [2.24, 2.45) is 4.99 Å². The minimum Gasteiger partial charge on any atom is -0.422 e. The highest BCUT2D eigenvalue weighted by molar-refractivity contribution is 5.95. The summed E-state index contributed by atoms with van der Waals surface area (Å²) in [5.74, 6) is -0.815. The largest absolute Gasteiger partial charge is 0.422 e. The molecule has 0 N–H and O–H groups in total. The number of hydrogen-bond donors (Lipinski definition) is 0. The van der Waals surface area contributed by atoms with E-state index in [9.17, 15) is 0 Å². The fourth-order valence-corrected chi connectivity index (χ4v) is 3.43. The Hall–Kier alpha value is -2.94. The molecule has 2 heterocycles. The van der Waals surface area contributed by atoms with Crippen molar-refractivity contribution >= 4 is 23.0 Å². The lowest BCUT2D eigenvalue weighted by atomic mass is 10.2. The van der Waals surface area contributed by atoms with Crippen molar-refractivity contribution in [2.45, 2.75) is 32.7 Å². The minimum absolute atomic E-state index is 0.355. The third-order valence-corrected chi connectivity index (χ3v) is 4.86. The van der Waals surface area contributed by atoms with Crippen LogP contribution in [0.4, 0.5) is 6.01 Å². The van der Waals surface area contributed by atoms with Gasteiger partial charge < -0.3 is 18.7 Å². The molecule has 0 bridgehead atoms. The topological polar surface area (TPSA) is 72.6 Å². The molecule has 0 spiro atoms. The first-order chi connectivity index (χ1) is 14.6. The first-order valence-corrected chi connectivity index (χ1v) is 10.1. The molecule has 0 saturated heterocycles. The van der Waals surface area contributed by atoms with Gasteiger partial charge in [-0.2, -0.15) is 9.98 Å². The maximum atomic E-state index is 6.20. The molecule has 2 unspecified atom stereocenters. The van der Waals surface area contributed by atoms with Crippen molar-refractivity contribution in [3.05, 3.63) is 60.2 Å². The van der Waals surface area contributed by atoms with Crippen LogP contribution in [0, 0.1) is 0 Å². The van der Waals surface area contributed by atoms with Crippen LogP contribution in [0.5, 0.6) is 0 Å². The number of hydroxylamine groups is 1. The molecule has 2 aromatic carbocycles. The Bertz CT molecular complexity index is 989. The maximum Gasteiger partial charge on any atom is 0.315 e. The molecule has 2 atom stereocenters. The Morgan fingerprint density at radius 2 is 1.80 bits per heavy atom. The smallest absolute Gasteiger partial charge is 0.315 e. The van der Waals surface area contributed by atoms with E-state index in [1.807, 2.05) is 75.4 Å². The Morgan fingerprint density at radius 3 is 2.50 bits per heavy atom. The van der Waals surface area contributed by atoms with E-state index in [0.29, 0.717) is 30.7 Å². The Balaban J connectivity index is 1.77. The molecule has 8 heteroatoms. The second-order valence-corrected chi connectivity index (χ2v) is 6.82. The Morgan fingerprint density at radius 1 is 1.07 bits per heavy atom. The third kappa shape index (κ3) is 3.54. The SMILES string of the molecule is CCOC(C)C1(OCC)N=C(c2ccccc2)ON1N(C)c1nc2ccccc2o1. The van der Waals surface area contributed by atoms with Gasteiger partial charge in [0.1, 0.15) is 11.6 Å². The van der Waals surface area contributed by atoms with Crippen molar-refractivity contribution in [1.29, 1.82) is 0 Å². The van der Waals surface area contributed by atoms with Crippen LogP contribution in [0.2, 0.25) is 0 Å². The molecule has 0 aliphatic carbocycles. The van der Waals surface area contributed by atoms with Crippen molar-refractivity contribution in [1.82, 2.24) is 10.2 Å². The van der Waals surface area contributed by atoms with E-state index in [2.05, 4.69) is 4.98 Å². The van der Waals surface area contributed by atoms with E-state index in [4.69, 9.17) is 23.7 Å². The van der Waals surface area contributed by atoms with E-state index < -0.39 is 12.0 Å². The first kappa shape index (κ1) is 20.3. The number of hydrogen-bond acceptors (Lipinski definition) is 8. The number of aliphatic imine (C=N–C) groups is 1. The molecule has 1 aliphatic heterocycles. The highest BCUT2D eigenvalue weighted by Gasteiger charge is 2.54. The number of nitrogens with zero attached hydrogens (tertiary/aromatic N) is 4. The van der Waals surface area contributed by atoms with Crippen LogP contribution in [0.3, 0.4) is 0 Å². The van der Waals surface area contributed by atoms with Crippen LogP contribution in [-0.2, 0) is 14.3 Å². The average molecular weight is 410 g/mol. The quantitative estimate of drug-likeness (QED) is 0.556. The summed E-state index contributed by atoms with van der Waals surface area (Å²) in [6, 6.07) is 17.6. The number of para-hydroxylation sites is 2. The predicted molar refractivity (Wildman–Crippen MR) is 114 cm³/mol. The van der Waals surface area contributed by atoms with Crippen LogP contribution < -0.4 is 5.01 Å². The van der Waals surface area contributed by atoms with Crippen LogP contribution in [0.1, 0.15) is 26.3 Å². The van der Waals surface area contributed by atoms with Gasteiger partial charge in [0.25, 0.3) is 5.85 Å². The lowest BCUT2D eigenvalue weighted by Gasteiger charge is -2.39. The van der Waals surface area contributed by atoms with Gasteiger partial charge >= 0.3 is 6.01 Å². The molecule has 0 saturated carbocycles. The lowest BCUT2D eigenvalue weighted by Crippen LogP contribution is -2.60. The van der Waals surface area contributed by atoms with Gasteiger partial charge in [0.05, 0.1) is 0 Å². The monoisotopic (exact) mass is 410 g/mol. The number of anilines is 1. The highest BCUT2D eigenvalue weighted by Crippen LogP contribution is 2.36. The second kappa shape index (κ2) is 8.43. The third-order valence-electron chi connectivity index (χ3n) is 4.86. The van der Waals surface area contributed by atoms with E-state index in [1.165, 1.54) is 5.17 Å². The van der Waals surface area contributed by atoms with Crippen molar-refractivity contribution in [3.63, 3.8) is 0 Å². The summed E-state index contributed by atoms with van der Waals surface area (Å²) in [6.07, 6.45) is -0.435. The molecular weight excluding hydrogens is 384 g/mol. The predicted octanol–water partition coefficient (Wildman–Crippen LogP) is 3.99. The van der Waals surface area contributed by atoms with Gasteiger partial charge in [-0.1, -0.05) is 30.3 Å². The van der Waals surface area contributed by atoms with Crippen molar-refractivity contribution < 1.29 is 18.7 Å². The van der Waals surface area contributed by atoms with Crippen LogP contribution >= 0.6 is 0 Å². The van der Waals surface area contributed by atoms with E-state index in [1.54, 1.807) is 12.1 Å². The zero-order chi connectivity index (χ0) is 21.1. The van der Waals surface area contributed by atoms with Gasteiger partial charge in [-0.3, -0.25) is 0 Å². The molecule has 30 heavy (non-hydrogen) atoms. The normalized spacial score (nSPS) is 20.2. The number of benzene rings is 2. The molecule has 8 nitrogen and oxygen atoms in total. The lowest BCUT2D eigenvalue weighted by molar-refractivity contribution is -0.290. The molecule has 4 rings (SSSR count).